The van der Waals surface area contributed by atoms with Gasteiger partial charge < -0.3 is 0 Å². The monoisotopic (exact) mass is 126 g/mol. The lowest BCUT2D eigenvalue weighted by Crippen LogP contribution is -2.17. The quantitative estimate of drug-likeness (QED) is 0.243. The molecular weight excluding hydrogens is 116 g/mol. The van der Waals surface area contributed by atoms with Gasteiger partial charge in [0.25, 0.3) is 0 Å². The van der Waals surface area contributed by atoms with Crippen LogP contribution in [0.5, 0.6) is 0 Å². The van der Waals surface area contributed by atoms with E-state index in [1.165, 1.54) is 0 Å². The lowest BCUT2D eigenvalue weighted by molar-refractivity contribution is 0.382. The number of hydrogen-bond donors (Lipinski definition) is 0. The molecule has 0 aliphatic heterocycles. The molecule has 4 heteroatoms. The molecule has 0 saturated carbocycles. The molecule has 50 valence electrons. The van der Waals surface area contributed by atoms with Crippen molar-refractivity contribution < 1.29 is 0 Å². The first-order chi connectivity index (χ1) is 4.31. The third-order valence-corrected chi connectivity index (χ3v) is 0.809. The van der Waals surface area contributed by atoms with Crippen LogP contribution < -0.4 is 0 Å². The summed E-state index contributed by atoms with van der Waals surface area (Å²) in [7, 11) is 1.86. The molecule has 0 saturated heterocycles. The van der Waals surface area contributed by atoms with Gasteiger partial charge >= 0.3 is 0 Å². The van der Waals surface area contributed by atoms with Crippen molar-refractivity contribution in [2.24, 2.45) is 5.11 Å². The van der Waals surface area contributed by atoms with Crippen molar-refractivity contribution in [3.05, 3.63) is 23.1 Å². The Bertz CT molecular complexity index is 125. The molecule has 0 unspecified atom stereocenters. The first kappa shape index (κ1) is 8.01. The van der Waals surface area contributed by atoms with Gasteiger partial charge in [0.05, 0.1) is 6.67 Å². The first-order valence-electron chi connectivity index (χ1n) is 2.61. The fraction of sp³-hybridized carbons (Fsp3) is 0.600. The number of likely N-dealkylation sites (N-methyl/N-ethyl adjacent to an activating group) is 1. The van der Waals surface area contributed by atoms with E-state index < -0.39 is 0 Å². The van der Waals surface area contributed by atoms with Gasteiger partial charge in [-0.25, -0.2) is 0 Å². The second-order valence-corrected chi connectivity index (χ2v) is 1.70. The fourth-order valence-corrected chi connectivity index (χ4v) is 0.414. The lowest BCUT2D eigenvalue weighted by atomic mass is 10.6. The van der Waals surface area contributed by atoms with Crippen molar-refractivity contribution >= 4 is 0 Å². The van der Waals surface area contributed by atoms with Crippen LogP contribution in [0.4, 0.5) is 0 Å². The summed E-state index contributed by atoms with van der Waals surface area (Å²) in [5.74, 6) is 0. The van der Waals surface area contributed by atoms with Crippen LogP contribution in [0, 0.1) is 0 Å². The van der Waals surface area contributed by atoms with Crippen LogP contribution in [0.3, 0.4) is 0 Å². The van der Waals surface area contributed by atoms with E-state index in [1.54, 1.807) is 6.08 Å². The minimum atomic E-state index is 0.405. The predicted octanol–water partition coefficient (Wildman–Crippen LogP) is 1.37. The summed E-state index contributed by atoms with van der Waals surface area (Å²) < 4.78 is 0. The highest BCUT2D eigenvalue weighted by molar-refractivity contribution is 4.70. The van der Waals surface area contributed by atoms with Crippen LogP contribution in [0.2, 0.25) is 0 Å². The maximum atomic E-state index is 7.89. The zero-order chi connectivity index (χ0) is 7.11. The summed E-state index contributed by atoms with van der Waals surface area (Å²) in [6, 6.07) is 0. The van der Waals surface area contributed by atoms with Crippen molar-refractivity contribution in [3.8, 4) is 0 Å². The molecule has 0 aromatic rings. The van der Waals surface area contributed by atoms with E-state index in [9.17, 15) is 0 Å². The highest BCUT2D eigenvalue weighted by Gasteiger charge is 1.87. The van der Waals surface area contributed by atoms with E-state index in [-0.39, 0.29) is 0 Å². The Kier molecular flexibility index (Phi) is 4.59. The van der Waals surface area contributed by atoms with Crippen molar-refractivity contribution in [3.63, 3.8) is 0 Å². The van der Waals surface area contributed by atoms with Gasteiger partial charge in [0.15, 0.2) is 0 Å². The van der Waals surface area contributed by atoms with Crippen molar-refractivity contribution in [1.82, 2.24) is 4.90 Å². The molecule has 0 heterocycles. The Morgan fingerprint density at radius 1 is 1.89 bits per heavy atom. The van der Waals surface area contributed by atoms with Gasteiger partial charge in [0.2, 0.25) is 0 Å². The summed E-state index contributed by atoms with van der Waals surface area (Å²) >= 11 is 0. The van der Waals surface area contributed by atoms with Gasteiger partial charge in [-0.1, -0.05) is 11.2 Å². The van der Waals surface area contributed by atoms with Crippen LogP contribution >= 0.6 is 0 Å². The van der Waals surface area contributed by atoms with Gasteiger partial charge in [0, 0.05) is 11.5 Å². The number of rotatable bonds is 4. The van der Waals surface area contributed by atoms with E-state index >= 15 is 0 Å². The van der Waals surface area contributed by atoms with E-state index in [0.717, 1.165) is 6.54 Å². The highest BCUT2D eigenvalue weighted by Crippen LogP contribution is 1.81. The maximum absolute atomic E-state index is 7.89. The second-order valence-electron chi connectivity index (χ2n) is 1.70. The summed E-state index contributed by atoms with van der Waals surface area (Å²) in [4.78, 5) is 4.46. The van der Waals surface area contributed by atoms with Crippen LogP contribution in [0.15, 0.2) is 17.8 Å². The van der Waals surface area contributed by atoms with Gasteiger partial charge in [-0.05, 0) is 12.6 Å². The summed E-state index contributed by atoms with van der Waals surface area (Å²) in [5, 5.41) is 3.35. The number of azide groups is 1. The van der Waals surface area contributed by atoms with Crippen molar-refractivity contribution in [2.45, 2.75) is 0 Å². The smallest absolute Gasteiger partial charge is 0.0774 e. The molecule has 0 rings (SSSR count). The molecule has 0 aromatic heterocycles. The maximum Gasteiger partial charge on any atom is 0.0774 e. The standard InChI is InChI=1S/C5H10N4/c1-3-4-9(2)5-7-8-6/h3H,1,4-5H2,2H3. The molecule has 0 atom stereocenters. The lowest BCUT2D eigenvalue weighted by Gasteiger charge is -2.07. The highest BCUT2D eigenvalue weighted by atomic mass is 15.3. The SMILES string of the molecule is C=CCN(C)CN=[N+]=[N-]. The number of hydrogen-bond acceptors (Lipinski definition) is 2. The number of nitrogens with zero attached hydrogens (tertiary/aromatic N) is 4. The Morgan fingerprint density at radius 3 is 3.00 bits per heavy atom. The van der Waals surface area contributed by atoms with E-state index in [2.05, 4.69) is 16.6 Å². The predicted molar refractivity (Wildman–Crippen MR) is 36.8 cm³/mol. The topological polar surface area (TPSA) is 52.0 Å². The zero-order valence-electron chi connectivity index (χ0n) is 5.49. The Hall–Kier alpha value is -0.990. The molecule has 0 spiro atoms. The average molecular weight is 126 g/mol. The van der Waals surface area contributed by atoms with Crippen LogP contribution in [-0.2, 0) is 0 Å². The molecule has 9 heavy (non-hydrogen) atoms. The third-order valence-electron chi connectivity index (χ3n) is 0.809. The molecule has 4 nitrogen and oxygen atoms in total. The first-order valence-corrected chi connectivity index (χ1v) is 2.61. The molecule has 0 aromatic carbocycles. The van der Waals surface area contributed by atoms with E-state index in [4.69, 9.17) is 5.53 Å². The molecular formula is C5H10N4. The van der Waals surface area contributed by atoms with Crippen LogP contribution in [-0.4, -0.2) is 25.2 Å². The second kappa shape index (κ2) is 5.15. The van der Waals surface area contributed by atoms with E-state index in [0.29, 0.717) is 6.67 Å². The average Bonchev–Trinajstić information content (AvgIpc) is 1.85. The fourth-order valence-electron chi connectivity index (χ4n) is 0.414. The minimum absolute atomic E-state index is 0.405. The molecule has 0 bridgehead atoms. The summed E-state index contributed by atoms with van der Waals surface area (Å²) in [6.45, 7) is 4.69. The van der Waals surface area contributed by atoms with Crippen molar-refractivity contribution in [2.75, 3.05) is 20.3 Å². The molecule has 0 amide bonds. The molecule has 0 aliphatic carbocycles. The van der Waals surface area contributed by atoms with Gasteiger partial charge in [-0.3, -0.25) is 4.90 Å². The summed E-state index contributed by atoms with van der Waals surface area (Å²) in [5.41, 5.74) is 7.89. The Balaban J connectivity index is 3.36. The zero-order valence-corrected chi connectivity index (χ0v) is 5.49. The van der Waals surface area contributed by atoms with Gasteiger partial charge in [-0.15, -0.1) is 6.58 Å². The minimum Gasteiger partial charge on any atom is -0.297 e. The molecule has 0 N–H and O–H groups in total. The normalized spacial score (nSPS) is 8.67. The molecule has 0 aliphatic rings. The molecule has 0 fully saturated rings. The van der Waals surface area contributed by atoms with Gasteiger partial charge in [0.1, 0.15) is 0 Å². The Morgan fingerprint density at radius 2 is 2.56 bits per heavy atom. The third kappa shape index (κ3) is 4.87. The molecule has 0 radical (unpaired) electrons. The Labute approximate surface area is 54.4 Å². The van der Waals surface area contributed by atoms with Gasteiger partial charge in [-0.2, -0.15) is 0 Å². The van der Waals surface area contributed by atoms with Crippen LogP contribution in [0.1, 0.15) is 0 Å². The summed E-state index contributed by atoms with van der Waals surface area (Å²) in [6.07, 6.45) is 1.76. The van der Waals surface area contributed by atoms with Crippen LogP contribution in [0.25, 0.3) is 10.4 Å². The largest absolute Gasteiger partial charge is 0.297 e. The van der Waals surface area contributed by atoms with E-state index in [1.807, 2.05) is 11.9 Å². The van der Waals surface area contributed by atoms with Crippen molar-refractivity contribution in [1.29, 1.82) is 0 Å².